The number of hydrogen-bond donors (Lipinski definition) is 3. The molecule has 1 aliphatic carbocycles. The van der Waals surface area contributed by atoms with E-state index in [2.05, 4.69) is 21.9 Å². The fourth-order valence-corrected chi connectivity index (χ4v) is 9.49. The molecule has 0 spiro atoms. The van der Waals surface area contributed by atoms with Gasteiger partial charge in [-0.25, -0.2) is 8.42 Å². The molecular formula is C43H49N5O6S. The van der Waals surface area contributed by atoms with Crippen LogP contribution in [0.25, 0.3) is 0 Å². The third-order valence-corrected chi connectivity index (χ3v) is 13.1. The Balaban J connectivity index is 0.846. The van der Waals surface area contributed by atoms with Gasteiger partial charge in [0.05, 0.1) is 10.9 Å². The van der Waals surface area contributed by atoms with Crippen molar-refractivity contribution in [3.8, 4) is 11.8 Å². The predicted octanol–water partition coefficient (Wildman–Crippen LogP) is 5.24. The molecule has 1 saturated carbocycles. The first kappa shape index (κ1) is 38.3. The van der Waals surface area contributed by atoms with Crippen LogP contribution in [0.3, 0.4) is 0 Å². The summed E-state index contributed by atoms with van der Waals surface area (Å²) < 4.78 is 28.8. The van der Waals surface area contributed by atoms with E-state index in [9.17, 15) is 27.6 Å². The van der Waals surface area contributed by atoms with Gasteiger partial charge in [-0.05, 0) is 110 Å². The first-order valence-corrected chi connectivity index (χ1v) is 21.1. The van der Waals surface area contributed by atoms with E-state index in [0.29, 0.717) is 62.0 Å². The Kier molecular flexibility index (Phi) is 11.7. The van der Waals surface area contributed by atoms with Crippen LogP contribution < -0.4 is 15.8 Å². The molecule has 0 radical (unpaired) electrons. The van der Waals surface area contributed by atoms with E-state index in [-0.39, 0.29) is 29.0 Å². The van der Waals surface area contributed by atoms with Crippen LogP contribution in [-0.4, -0.2) is 67.0 Å². The summed E-state index contributed by atoms with van der Waals surface area (Å²) in [5.74, 6) is 6.44. The quantitative estimate of drug-likeness (QED) is 0.188. The Morgan fingerprint density at radius 3 is 2.35 bits per heavy atom. The Hall–Kier alpha value is -4.99. The minimum absolute atomic E-state index is 0.0847. The summed E-state index contributed by atoms with van der Waals surface area (Å²) in [4.78, 5) is 54.0. The van der Waals surface area contributed by atoms with Gasteiger partial charge in [-0.15, -0.1) is 0 Å². The maximum absolute atomic E-state index is 13.3. The highest BCUT2D eigenvalue weighted by molar-refractivity contribution is 7.92. The normalized spacial score (nSPS) is 20.0. The van der Waals surface area contributed by atoms with Gasteiger partial charge in [0.2, 0.25) is 17.7 Å². The zero-order valence-corrected chi connectivity index (χ0v) is 31.9. The number of nitrogens with zero attached hydrogens (tertiary/aromatic N) is 2. The highest BCUT2D eigenvalue weighted by atomic mass is 32.2. The number of hydrogen-bond acceptors (Lipinski definition) is 7. The number of rotatable bonds is 10. The van der Waals surface area contributed by atoms with E-state index in [1.165, 1.54) is 24.8 Å². The zero-order valence-electron chi connectivity index (χ0n) is 31.1. The van der Waals surface area contributed by atoms with Gasteiger partial charge in [0, 0.05) is 49.3 Å². The second-order valence-corrected chi connectivity index (χ2v) is 17.0. The molecular weight excluding hydrogens is 715 g/mol. The van der Waals surface area contributed by atoms with Crippen molar-refractivity contribution in [2.75, 3.05) is 17.8 Å². The number of carbonyl (C=O) groups excluding carboxylic acids is 4. The molecule has 2 saturated heterocycles. The summed E-state index contributed by atoms with van der Waals surface area (Å²) in [6.07, 6.45) is 10.2. The van der Waals surface area contributed by atoms with E-state index >= 15 is 0 Å². The molecule has 3 aliphatic heterocycles. The summed E-state index contributed by atoms with van der Waals surface area (Å²) in [5.41, 5.74) is 11.0. The number of fused-ring (bicyclic) bond motifs is 1. The number of nitrogens with one attached hydrogen (secondary N) is 2. The molecule has 12 heteroatoms. The number of anilines is 1. The summed E-state index contributed by atoms with van der Waals surface area (Å²) in [6, 6.07) is 18.4. The van der Waals surface area contributed by atoms with E-state index in [1.54, 1.807) is 47.4 Å². The smallest absolute Gasteiger partial charge is 0.261 e. The minimum atomic E-state index is -3.74. The zero-order chi connectivity index (χ0) is 38.5. The first-order chi connectivity index (χ1) is 26.6. The Bertz CT molecular complexity index is 2090. The van der Waals surface area contributed by atoms with E-state index in [0.717, 1.165) is 48.8 Å². The number of carbonyl (C=O) groups is 4. The molecule has 55 heavy (non-hydrogen) atoms. The van der Waals surface area contributed by atoms with E-state index in [1.807, 2.05) is 29.2 Å². The molecule has 3 aromatic carbocycles. The lowest BCUT2D eigenvalue weighted by molar-refractivity contribution is -0.137. The van der Waals surface area contributed by atoms with Crippen molar-refractivity contribution in [2.45, 2.75) is 106 Å². The highest BCUT2D eigenvalue weighted by Gasteiger charge is 2.39. The standard InChI is InChI=1S/C43H49N5O6S/c44-38(27-30-13-17-34(18-14-30)46-55(53,54)35-19-15-32(16-20-35)31-8-2-1-3-9-31)43(52)47-25-23-29(24-26-47)7-4-5-10-33-11-6-12-36-37(33)28-48(42(36)51)39-21-22-40(49)45-41(39)50/h6,11-20,29,31,38-39,46H,1-4,7-9,21-28,44H2,(H,45,49,50)/t38-,39?/m0/s1. The lowest BCUT2D eigenvalue weighted by Gasteiger charge is -2.33. The molecule has 3 fully saturated rings. The summed E-state index contributed by atoms with van der Waals surface area (Å²) in [5, 5.41) is 2.34. The lowest BCUT2D eigenvalue weighted by Crippen LogP contribution is -2.52. The minimum Gasteiger partial charge on any atom is -0.341 e. The summed E-state index contributed by atoms with van der Waals surface area (Å²) in [7, 11) is -3.74. The number of piperidine rings is 2. The van der Waals surface area contributed by atoms with Gasteiger partial charge in [0.15, 0.2) is 0 Å². The fourth-order valence-electron chi connectivity index (χ4n) is 8.43. The van der Waals surface area contributed by atoms with Crippen LogP contribution in [-0.2, 0) is 37.4 Å². The van der Waals surface area contributed by atoms with Gasteiger partial charge < -0.3 is 15.5 Å². The largest absolute Gasteiger partial charge is 0.341 e. The third-order valence-electron chi connectivity index (χ3n) is 11.7. The molecule has 3 aromatic rings. The van der Waals surface area contributed by atoms with E-state index < -0.39 is 28.0 Å². The van der Waals surface area contributed by atoms with Crippen LogP contribution in [0, 0.1) is 17.8 Å². The second-order valence-electron chi connectivity index (χ2n) is 15.4. The van der Waals surface area contributed by atoms with Crippen LogP contribution in [0.15, 0.2) is 71.6 Å². The van der Waals surface area contributed by atoms with Gasteiger partial charge in [0.1, 0.15) is 6.04 Å². The number of amides is 4. The van der Waals surface area contributed by atoms with Crippen LogP contribution in [0.2, 0.25) is 0 Å². The Labute approximate surface area is 323 Å². The van der Waals surface area contributed by atoms with Crippen LogP contribution in [0.5, 0.6) is 0 Å². The van der Waals surface area contributed by atoms with Crippen LogP contribution in [0.4, 0.5) is 5.69 Å². The van der Waals surface area contributed by atoms with E-state index in [4.69, 9.17) is 5.73 Å². The maximum atomic E-state index is 13.3. The molecule has 3 heterocycles. The summed E-state index contributed by atoms with van der Waals surface area (Å²) >= 11 is 0. The number of likely N-dealkylation sites (tertiary alicyclic amines) is 1. The third kappa shape index (κ3) is 8.95. The number of imide groups is 1. The van der Waals surface area contributed by atoms with Crippen molar-refractivity contribution < 1.29 is 27.6 Å². The number of benzene rings is 3. The van der Waals surface area contributed by atoms with Crippen molar-refractivity contribution in [1.82, 2.24) is 15.1 Å². The molecule has 0 aromatic heterocycles. The topological polar surface area (TPSA) is 159 Å². The van der Waals surface area contributed by atoms with Gasteiger partial charge in [-0.2, -0.15) is 0 Å². The van der Waals surface area contributed by atoms with Crippen LogP contribution >= 0.6 is 0 Å². The van der Waals surface area contributed by atoms with Gasteiger partial charge in [-0.3, -0.25) is 29.2 Å². The van der Waals surface area contributed by atoms with Gasteiger partial charge in [-0.1, -0.05) is 61.4 Å². The number of sulfonamides is 1. The van der Waals surface area contributed by atoms with Crippen molar-refractivity contribution in [1.29, 1.82) is 0 Å². The predicted molar refractivity (Wildman–Crippen MR) is 209 cm³/mol. The Morgan fingerprint density at radius 1 is 0.909 bits per heavy atom. The average Bonchev–Trinajstić information content (AvgIpc) is 3.53. The SMILES string of the molecule is N[C@@H](Cc1ccc(NS(=O)(=O)c2ccc(C3CCCCC3)cc2)cc1)C(=O)N1CCC(CCC#Cc2cccc3c2CN(C2CCC(=O)NC2=O)C3=O)CC1. The molecule has 2 atom stereocenters. The highest BCUT2D eigenvalue weighted by Crippen LogP contribution is 2.33. The summed E-state index contributed by atoms with van der Waals surface area (Å²) in [6.45, 7) is 1.57. The molecule has 4 aliphatic rings. The molecule has 288 valence electrons. The first-order valence-electron chi connectivity index (χ1n) is 19.6. The molecule has 4 N–H and O–H groups in total. The van der Waals surface area contributed by atoms with Crippen molar-refractivity contribution in [3.63, 3.8) is 0 Å². The fraction of sp³-hybridized carbons (Fsp3) is 0.442. The number of nitrogens with two attached hydrogens (primary N) is 1. The van der Waals surface area contributed by atoms with Crippen molar-refractivity contribution in [2.24, 2.45) is 11.7 Å². The lowest BCUT2D eigenvalue weighted by atomic mass is 9.84. The molecule has 4 amide bonds. The van der Waals surface area contributed by atoms with Crippen LogP contribution in [0.1, 0.15) is 109 Å². The molecule has 7 rings (SSSR count). The van der Waals surface area contributed by atoms with Gasteiger partial charge >= 0.3 is 0 Å². The molecule has 11 nitrogen and oxygen atoms in total. The molecule has 1 unspecified atom stereocenters. The average molecular weight is 764 g/mol. The Morgan fingerprint density at radius 2 is 1.64 bits per heavy atom. The molecule has 0 bridgehead atoms. The maximum Gasteiger partial charge on any atom is 0.261 e. The second kappa shape index (κ2) is 16.8. The monoisotopic (exact) mass is 763 g/mol. The van der Waals surface area contributed by atoms with Crippen molar-refractivity contribution in [3.05, 3.63) is 94.5 Å². The van der Waals surface area contributed by atoms with Gasteiger partial charge in [0.25, 0.3) is 15.9 Å². The van der Waals surface area contributed by atoms with Crippen molar-refractivity contribution >= 4 is 39.3 Å².